The molecule has 3 rings (SSSR count). The van der Waals surface area contributed by atoms with E-state index < -0.39 is 0 Å². The van der Waals surface area contributed by atoms with Crippen molar-refractivity contribution in [1.82, 2.24) is 15.1 Å². The minimum Gasteiger partial charge on any atom is -0.378 e. The predicted molar refractivity (Wildman–Crippen MR) is 83.7 cm³/mol. The summed E-state index contributed by atoms with van der Waals surface area (Å²) in [6, 6.07) is 3.87. The van der Waals surface area contributed by atoms with Gasteiger partial charge < -0.3 is 14.5 Å². The van der Waals surface area contributed by atoms with Crippen LogP contribution in [0.2, 0.25) is 0 Å². The lowest BCUT2D eigenvalue weighted by Gasteiger charge is -2.22. The Morgan fingerprint density at radius 1 is 1.27 bits per heavy atom. The summed E-state index contributed by atoms with van der Waals surface area (Å²) < 4.78 is 5.60. The molecule has 3 heterocycles. The highest BCUT2D eigenvalue weighted by Crippen LogP contribution is 2.18. The fourth-order valence-electron chi connectivity index (χ4n) is 3.17. The molecule has 2 saturated heterocycles. The number of rotatable bonds is 4. The van der Waals surface area contributed by atoms with Crippen molar-refractivity contribution in [2.24, 2.45) is 0 Å². The van der Waals surface area contributed by atoms with Gasteiger partial charge in [-0.1, -0.05) is 0 Å². The van der Waals surface area contributed by atoms with Crippen molar-refractivity contribution in [3.8, 4) is 0 Å². The van der Waals surface area contributed by atoms with Crippen LogP contribution in [0.1, 0.15) is 32.1 Å². The SMILES string of the molecule is O=C(CCC1CCCO1)N1CCCN(c2cccnn2)CC1. The van der Waals surface area contributed by atoms with Gasteiger partial charge in [0, 0.05) is 45.4 Å². The summed E-state index contributed by atoms with van der Waals surface area (Å²) in [5.41, 5.74) is 0. The van der Waals surface area contributed by atoms with E-state index in [9.17, 15) is 4.79 Å². The van der Waals surface area contributed by atoms with Crippen molar-refractivity contribution in [3.63, 3.8) is 0 Å². The molecule has 2 aliphatic rings. The fraction of sp³-hybridized carbons (Fsp3) is 0.688. The standard InChI is InChI=1S/C16H24N4O2/c21-16(7-6-14-4-2-13-22-14)20-10-3-9-19(11-12-20)15-5-1-8-17-18-15/h1,5,8,14H,2-4,6-7,9-13H2. The molecule has 120 valence electrons. The van der Waals surface area contributed by atoms with E-state index in [2.05, 4.69) is 15.1 Å². The Balaban J connectivity index is 1.48. The van der Waals surface area contributed by atoms with Gasteiger partial charge in [0.25, 0.3) is 0 Å². The highest BCUT2D eigenvalue weighted by atomic mass is 16.5. The summed E-state index contributed by atoms with van der Waals surface area (Å²) in [5, 5.41) is 8.09. The summed E-state index contributed by atoms with van der Waals surface area (Å²) >= 11 is 0. The monoisotopic (exact) mass is 304 g/mol. The number of hydrogen-bond acceptors (Lipinski definition) is 5. The van der Waals surface area contributed by atoms with Crippen molar-refractivity contribution in [1.29, 1.82) is 0 Å². The average Bonchev–Trinajstić information content (AvgIpc) is 2.96. The minimum atomic E-state index is 0.261. The third-order valence-corrected chi connectivity index (χ3v) is 4.43. The van der Waals surface area contributed by atoms with E-state index in [4.69, 9.17) is 4.74 Å². The average molecular weight is 304 g/mol. The second-order valence-electron chi connectivity index (χ2n) is 5.98. The molecular weight excluding hydrogens is 280 g/mol. The first-order chi connectivity index (χ1) is 10.8. The van der Waals surface area contributed by atoms with Gasteiger partial charge in [-0.25, -0.2) is 0 Å². The molecule has 0 aromatic carbocycles. The molecule has 2 fully saturated rings. The molecule has 6 heteroatoms. The van der Waals surface area contributed by atoms with Crippen molar-refractivity contribution >= 4 is 11.7 Å². The Bertz CT molecular complexity index is 476. The Labute approximate surface area is 131 Å². The fourth-order valence-corrected chi connectivity index (χ4v) is 3.17. The Hall–Kier alpha value is -1.69. The normalized spacial score (nSPS) is 22.6. The minimum absolute atomic E-state index is 0.261. The molecule has 1 aromatic heterocycles. The van der Waals surface area contributed by atoms with E-state index in [1.54, 1.807) is 6.20 Å². The number of carbonyl (C=O) groups excluding carboxylic acids is 1. The van der Waals surface area contributed by atoms with Crippen LogP contribution >= 0.6 is 0 Å². The molecule has 0 spiro atoms. The first kappa shape index (κ1) is 15.2. The Morgan fingerprint density at radius 3 is 3.00 bits per heavy atom. The summed E-state index contributed by atoms with van der Waals surface area (Å²) in [4.78, 5) is 16.6. The topological polar surface area (TPSA) is 58.6 Å². The number of hydrogen-bond donors (Lipinski definition) is 0. The van der Waals surface area contributed by atoms with Crippen LogP contribution in [0.4, 0.5) is 5.82 Å². The third kappa shape index (κ3) is 3.94. The number of ether oxygens (including phenoxy) is 1. The van der Waals surface area contributed by atoms with Gasteiger partial charge in [-0.05, 0) is 37.8 Å². The van der Waals surface area contributed by atoms with Gasteiger partial charge in [0.05, 0.1) is 6.10 Å². The third-order valence-electron chi connectivity index (χ3n) is 4.43. The zero-order chi connectivity index (χ0) is 15.2. The molecule has 2 aliphatic heterocycles. The van der Waals surface area contributed by atoms with Gasteiger partial charge in [-0.15, -0.1) is 5.10 Å². The Morgan fingerprint density at radius 2 is 2.23 bits per heavy atom. The van der Waals surface area contributed by atoms with Gasteiger partial charge in [-0.2, -0.15) is 5.10 Å². The molecule has 1 unspecified atom stereocenters. The smallest absolute Gasteiger partial charge is 0.222 e. The molecule has 0 aliphatic carbocycles. The highest BCUT2D eigenvalue weighted by molar-refractivity contribution is 5.76. The molecule has 0 saturated carbocycles. The molecule has 1 atom stereocenters. The number of anilines is 1. The summed E-state index contributed by atoms with van der Waals surface area (Å²) in [7, 11) is 0. The molecule has 1 amide bonds. The van der Waals surface area contributed by atoms with Gasteiger partial charge in [-0.3, -0.25) is 4.79 Å². The summed E-state index contributed by atoms with van der Waals surface area (Å²) in [6.07, 6.45) is 6.67. The van der Waals surface area contributed by atoms with Crippen LogP contribution < -0.4 is 4.90 Å². The lowest BCUT2D eigenvalue weighted by molar-refractivity contribution is -0.131. The van der Waals surface area contributed by atoms with Crippen LogP contribution in [0.25, 0.3) is 0 Å². The quantitative estimate of drug-likeness (QED) is 0.843. The van der Waals surface area contributed by atoms with Crippen molar-refractivity contribution in [2.75, 3.05) is 37.7 Å². The van der Waals surface area contributed by atoms with Crippen molar-refractivity contribution < 1.29 is 9.53 Å². The van der Waals surface area contributed by atoms with Crippen LogP contribution in [-0.4, -0.2) is 59.9 Å². The molecule has 0 bridgehead atoms. The van der Waals surface area contributed by atoms with Gasteiger partial charge in [0.1, 0.15) is 0 Å². The lowest BCUT2D eigenvalue weighted by Crippen LogP contribution is -2.35. The second kappa shape index (κ2) is 7.54. The zero-order valence-corrected chi connectivity index (χ0v) is 13.0. The summed E-state index contributed by atoms with van der Waals surface area (Å²) in [6.45, 7) is 4.20. The summed E-state index contributed by atoms with van der Waals surface area (Å²) in [5.74, 6) is 1.16. The molecule has 1 aromatic rings. The lowest BCUT2D eigenvalue weighted by atomic mass is 10.1. The number of carbonyl (C=O) groups is 1. The largest absolute Gasteiger partial charge is 0.378 e. The van der Waals surface area contributed by atoms with E-state index in [1.807, 2.05) is 17.0 Å². The Kier molecular flexibility index (Phi) is 5.21. The molecule has 0 N–H and O–H groups in total. The first-order valence-electron chi connectivity index (χ1n) is 8.25. The van der Waals surface area contributed by atoms with E-state index in [-0.39, 0.29) is 5.91 Å². The highest BCUT2D eigenvalue weighted by Gasteiger charge is 2.22. The van der Waals surface area contributed by atoms with E-state index >= 15 is 0 Å². The van der Waals surface area contributed by atoms with Crippen LogP contribution in [0, 0.1) is 0 Å². The first-order valence-corrected chi connectivity index (χ1v) is 8.25. The molecule has 0 radical (unpaired) electrons. The van der Waals surface area contributed by atoms with Gasteiger partial charge in [0.15, 0.2) is 5.82 Å². The van der Waals surface area contributed by atoms with Gasteiger partial charge >= 0.3 is 0 Å². The molecular formula is C16H24N4O2. The maximum atomic E-state index is 12.4. The maximum absolute atomic E-state index is 12.4. The van der Waals surface area contributed by atoms with Crippen molar-refractivity contribution in [2.45, 2.75) is 38.2 Å². The molecule has 6 nitrogen and oxygen atoms in total. The number of amides is 1. The second-order valence-corrected chi connectivity index (χ2v) is 5.98. The van der Waals surface area contributed by atoms with Crippen LogP contribution in [0.5, 0.6) is 0 Å². The number of nitrogens with zero attached hydrogens (tertiary/aromatic N) is 4. The van der Waals surface area contributed by atoms with Crippen molar-refractivity contribution in [3.05, 3.63) is 18.3 Å². The zero-order valence-electron chi connectivity index (χ0n) is 13.0. The van der Waals surface area contributed by atoms with Gasteiger partial charge in [0.2, 0.25) is 5.91 Å². The number of aromatic nitrogens is 2. The van der Waals surface area contributed by atoms with E-state index in [1.165, 1.54) is 0 Å². The van der Waals surface area contributed by atoms with E-state index in [0.29, 0.717) is 12.5 Å². The predicted octanol–water partition coefficient (Wildman–Crippen LogP) is 1.47. The maximum Gasteiger partial charge on any atom is 0.222 e. The van der Waals surface area contributed by atoms with E-state index in [0.717, 1.165) is 64.3 Å². The van der Waals surface area contributed by atoms with Crippen LogP contribution in [0.15, 0.2) is 18.3 Å². The van der Waals surface area contributed by atoms with Crippen LogP contribution in [-0.2, 0) is 9.53 Å². The molecule has 22 heavy (non-hydrogen) atoms. The van der Waals surface area contributed by atoms with Crippen LogP contribution in [0.3, 0.4) is 0 Å².